The highest BCUT2D eigenvalue weighted by Crippen LogP contribution is 2.28. The molecule has 2 amide bonds. The Hall–Kier alpha value is -2.37. The SMILES string of the molecule is CC(CCC=O)N1Cc2cc(O)ccc2C1=O.CNC=O. The van der Waals surface area contributed by atoms with E-state index in [2.05, 4.69) is 5.32 Å². The Kier molecular flexibility index (Phi) is 6.39. The number of carbonyl (C=O) groups is 3. The van der Waals surface area contributed by atoms with Gasteiger partial charge in [0.25, 0.3) is 5.91 Å². The molecule has 0 aromatic heterocycles. The summed E-state index contributed by atoms with van der Waals surface area (Å²) in [5.74, 6) is 0.164. The number of nitrogens with zero attached hydrogens (tertiary/aromatic N) is 1. The molecule has 1 aliphatic rings. The Morgan fingerprint density at radius 1 is 1.43 bits per heavy atom. The smallest absolute Gasteiger partial charge is 0.254 e. The van der Waals surface area contributed by atoms with Crippen LogP contribution in [0.1, 0.15) is 35.7 Å². The number of fused-ring (bicyclic) bond motifs is 1. The van der Waals surface area contributed by atoms with Crippen LogP contribution in [0.2, 0.25) is 0 Å². The first kappa shape index (κ1) is 16.7. The Bertz CT molecular complexity index is 516. The number of nitrogens with one attached hydrogen (secondary N) is 1. The number of phenols is 1. The lowest BCUT2D eigenvalue weighted by atomic mass is 10.1. The van der Waals surface area contributed by atoms with Gasteiger partial charge >= 0.3 is 0 Å². The number of rotatable bonds is 5. The van der Waals surface area contributed by atoms with E-state index in [1.165, 1.54) is 6.07 Å². The lowest BCUT2D eigenvalue weighted by Gasteiger charge is -2.23. The molecule has 1 aliphatic heterocycles. The quantitative estimate of drug-likeness (QED) is 0.795. The van der Waals surface area contributed by atoms with E-state index >= 15 is 0 Å². The van der Waals surface area contributed by atoms with Crippen molar-refractivity contribution in [3.8, 4) is 5.75 Å². The van der Waals surface area contributed by atoms with Crippen molar-refractivity contribution in [1.29, 1.82) is 0 Å². The molecular formula is C15H20N2O4. The van der Waals surface area contributed by atoms with Crippen LogP contribution in [0.3, 0.4) is 0 Å². The Labute approximate surface area is 123 Å². The van der Waals surface area contributed by atoms with Gasteiger partial charge in [-0.05, 0) is 37.1 Å². The second kappa shape index (κ2) is 8.04. The third kappa shape index (κ3) is 4.30. The molecular weight excluding hydrogens is 272 g/mol. The fraction of sp³-hybridized carbons (Fsp3) is 0.400. The van der Waals surface area contributed by atoms with E-state index in [1.54, 1.807) is 24.1 Å². The first-order valence-electron chi connectivity index (χ1n) is 6.72. The van der Waals surface area contributed by atoms with Gasteiger partial charge in [0.05, 0.1) is 0 Å². The summed E-state index contributed by atoms with van der Waals surface area (Å²) in [5, 5.41) is 11.6. The second-order valence-corrected chi connectivity index (χ2v) is 4.77. The van der Waals surface area contributed by atoms with Crippen molar-refractivity contribution >= 4 is 18.6 Å². The third-order valence-corrected chi connectivity index (χ3v) is 3.27. The van der Waals surface area contributed by atoms with Crippen molar-refractivity contribution in [2.24, 2.45) is 0 Å². The summed E-state index contributed by atoms with van der Waals surface area (Å²) in [4.78, 5) is 33.2. The number of hydrogen-bond acceptors (Lipinski definition) is 4. The molecule has 1 atom stereocenters. The molecule has 1 unspecified atom stereocenters. The van der Waals surface area contributed by atoms with Gasteiger partial charge in [-0.25, -0.2) is 0 Å². The molecule has 0 radical (unpaired) electrons. The van der Waals surface area contributed by atoms with Crippen molar-refractivity contribution in [1.82, 2.24) is 10.2 Å². The third-order valence-electron chi connectivity index (χ3n) is 3.27. The molecule has 2 N–H and O–H groups in total. The van der Waals surface area contributed by atoms with E-state index in [0.717, 1.165) is 11.8 Å². The summed E-state index contributed by atoms with van der Waals surface area (Å²) >= 11 is 0. The van der Waals surface area contributed by atoms with E-state index in [0.29, 0.717) is 31.4 Å². The highest BCUT2D eigenvalue weighted by atomic mass is 16.3. The average Bonchev–Trinajstić information content (AvgIpc) is 2.81. The van der Waals surface area contributed by atoms with Gasteiger partial charge in [-0.15, -0.1) is 0 Å². The standard InChI is InChI=1S/C13H15NO3.C2H5NO/c1-9(3-2-6-15)14-8-10-7-11(16)4-5-12(10)13(14)17;1-3-2-4/h4-7,9,16H,2-3,8H2,1H3;2H,1H3,(H,3,4). The molecule has 1 heterocycles. The number of amides is 2. The minimum Gasteiger partial charge on any atom is -0.508 e. The lowest BCUT2D eigenvalue weighted by Crippen LogP contribution is -2.33. The first-order valence-corrected chi connectivity index (χ1v) is 6.72. The highest BCUT2D eigenvalue weighted by molar-refractivity contribution is 5.98. The van der Waals surface area contributed by atoms with Gasteiger partial charge in [0.15, 0.2) is 0 Å². The van der Waals surface area contributed by atoms with E-state index in [-0.39, 0.29) is 17.7 Å². The van der Waals surface area contributed by atoms with Crippen LogP contribution in [0.25, 0.3) is 0 Å². The molecule has 6 nitrogen and oxygen atoms in total. The van der Waals surface area contributed by atoms with Crippen molar-refractivity contribution in [2.45, 2.75) is 32.4 Å². The number of carbonyl (C=O) groups excluding carboxylic acids is 3. The molecule has 1 aromatic carbocycles. The van der Waals surface area contributed by atoms with Crippen LogP contribution in [0.15, 0.2) is 18.2 Å². The largest absolute Gasteiger partial charge is 0.508 e. The predicted octanol–water partition coefficient (Wildman–Crippen LogP) is 1.08. The van der Waals surface area contributed by atoms with Gasteiger partial charge in [0.1, 0.15) is 12.0 Å². The van der Waals surface area contributed by atoms with Gasteiger partial charge in [0, 0.05) is 31.6 Å². The van der Waals surface area contributed by atoms with Crippen molar-refractivity contribution in [2.75, 3.05) is 7.05 Å². The van der Waals surface area contributed by atoms with Crippen molar-refractivity contribution in [3.05, 3.63) is 29.3 Å². The van der Waals surface area contributed by atoms with Crippen LogP contribution in [-0.4, -0.2) is 41.7 Å². The zero-order valence-corrected chi connectivity index (χ0v) is 12.2. The summed E-state index contributed by atoms with van der Waals surface area (Å²) in [6.07, 6.45) is 2.64. The maximum absolute atomic E-state index is 12.1. The number of benzene rings is 1. The predicted molar refractivity (Wildman–Crippen MR) is 77.9 cm³/mol. The molecule has 0 saturated heterocycles. The maximum Gasteiger partial charge on any atom is 0.254 e. The van der Waals surface area contributed by atoms with Crippen LogP contribution in [0.5, 0.6) is 5.75 Å². The van der Waals surface area contributed by atoms with Crippen LogP contribution in [0, 0.1) is 0 Å². The maximum atomic E-state index is 12.1. The highest BCUT2D eigenvalue weighted by Gasteiger charge is 2.30. The van der Waals surface area contributed by atoms with Gasteiger partial charge in [-0.3, -0.25) is 9.59 Å². The molecule has 0 saturated carbocycles. The number of phenolic OH excluding ortho intramolecular Hbond substituents is 1. The summed E-state index contributed by atoms with van der Waals surface area (Å²) in [6.45, 7) is 2.45. The minimum atomic E-state index is -0.0154. The summed E-state index contributed by atoms with van der Waals surface area (Å²) < 4.78 is 0. The van der Waals surface area contributed by atoms with Gasteiger partial charge in [0.2, 0.25) is 6.41 Å². The van der Waals surface area contributed by atoms with Gasteiger partial charge < -0.3 is 20.1 Å². The average molecular weight is 292 g/mol. The lowest BCUT2D eigenvalue weighted by molar-refractivity contribution is -0.109. The molecule has 0 aliphatic carbocycles. The van der Waals surface area contributed by atoms with Gasteiger partial charge in [-0.1, -0.05) is 0 Å². The molecule has 114 valence electrons. The number of hydrogen-bond donors (Lipinski definition) is 2. The first-order chi connectivity index (χ1) is 10.0. The second-order valence-electron chi connectivity index (χ2n) is 4.77. The molecule has 21 heavy (non-hydrogen) atoms. The zero-order chi connectivity index (χ0) is 15.8. The molecule has 1 aromatic rings. The van der Waals surface area contributed by atoms with Crippen LogP contribution in [-0.2, 0) is 16.1 Å². The molecule has 0 fully saturated rings. The monoisotopic (exact) mass is 292 g/mol. The minimum absolute atomic E-state index is 0.0154. The molecule has 0 spiro atoms. The fourth-order valence-electron chi connectivity index (χ4n) is 2.15. The van der Waals surface area contributed by atoms with E-state index in [4.69, 9.17) is 4.79 Å². The normalized spacial score (nSPS) is 13.8. The summed E-state index contributed by atoms with van der Waals surface area (Å²) in [5.41, 5.74) is 1.51. The Morgan fingerprint density at radius 3 is 2.67 bits per heavy atom. The number of aldehydes is 1. The van der Waals surface area contributed by atoms with Crippen molar-refractivity contribution < 1.29 is 19.5 Å². The topological polar surface area (TPSA) is 86.7 Å². The Balaban J connectivity index is 0.000000491. The molecule has 2 rings (SSSR count). The summed E-state index contributed by atoms with van der Waals surface area (Å²) in [6, 6.07) is 4.84. The molecule has 0 bridgehead atoms. The van der Waals surface area contributed by atoms with Crippen molar-refractivity contribution in [3.63, 3.8) is 0 Å². The van der Waals surface area contributed by atoms with Gasteiger partial charge in [-0.2, -0.15) is 0 Å². The van der Waals surface area contributed by atoms with Crippen LogP contribution < -0.4 is 5.32 Å². The number of aromatic hydroxyl groups is 1. The molecule has 6 heteroatoms. The Morgan fingerprint density at radius 2 is 2.10 bits per heavy atom. The van der Waals surface area contributed by atoms with E-state index in [1.807, 2.05) is 6.92 Å². The fourth-order valence-corrected chi connectivity index (χ4v) is 2.15. The van der Waals surface area contributed by atoms with Crippen LogP contribution in [0.4, 0.5) is 0 Å². The van der Waals surface area contributed by atoms with E-state index in [9.17, 15) is 14.7 Å². The zero-order valence-electron chi connectivity index (χ0n) is 12.2. The van der Waals surface area contributed by atoms with E-state index < -0.39 is 0 Å². The summed E-state index contributed by atoms with van der Waals surface area (Å²) in [7, 11) is 1.56. The van der Waals surface area contributed by atoms with Crippen LogP contribution >= 0.6 is 0 Å².